The fourth-order valence-corrected chi connectivity index (χ4v) is 3.60. The molecule has 4 nitrogen and oxygen atoms in total. The number of Topliss-reactive ketones (excluding diaryl/α,β-unsaturated/α-hetero) is 1. The summed E-state index contributed by atoms with van der Waals surface area (Å²) in [6.07, 6.45) is 2.15. The molecule has 112 valence electrons. The van der Waals surface area contributed by atoms with Crippen molar-refractivity contribution in [3.05, 3.63) is 29.8 Å². The maximum atomic E-state index is 12.7. The third kappa shape index (κ3) is 5.20. The second-order valence-corrected chi connectivity index (χ2v) is 6.59. The fourth-order valence-electron chi connectivity index (χ4n) is 1.95. The topological polar surface area (TPSA) is 52.6 Å². The van der Waals surface area contributed by atoms with Crippen molar-refractivity contribution in [3.8, 4) is 0 Å². The monoisotopic (exact) mass is 298 g/mol. The van der Waals surface area contributed by atoms with Gasteiger partial charge in [-0.3, -0.25) is 4.57 Å². The number of benzene rings is 1. The Morgan fingerprint density at radius 1 is 1.20 bits per heavy atom. The first kappa shape index (κ1) is 17.1. The van der Waals surface area contributed by atoms with Crippen LogP contribution in [0, 0.1) is 0 Å². The Morgan fingerprint density at radius 3 is 2.40 bits per heavy atom. The van der Waals surface area contributed by atoms with E-state index in [1.165, 1.54) is 0 Å². The molecule has 1 aromatic rings. The highest BCUT2D eigenvalue weighted by molar-refractivity contribution is 7.62. The van der Waals surface area contributed by atoms with Crippen LogP contribution in [0.15, 0.2) is 24.3 Å². The Labute approximate surface area is 121 Å². The Kier molecular flexibility index (Phi) is 7.14. The standard InChI is InChI=1S/C15H23O4P/c1-4-18-20(17,19-5-2)15-11-7-10-14(12-15)9-6-8-13(3)16/h7,10-12H,4-6,8-9H2,1-3H3. The highest BCUT2D eigenvalue weighted by Crippen LogP contribution is 2.46. The van der Waals surface area contributed by atoms with Crippen LogP contribution in [0.5, 0.6) is 0 Å². The van der Waals surface area contributed by atoms with Crippen molar-refractivity contribution < 1.29 is 18.4 Å². The van der Waals surface area contributed by atoms with Gasteiger partial charge in [0.25, 0.3) is 0 Å². The van der Waals surface area contributed by atoms with Gasteiger partial charge in [0.05, 0.1) is 18.5 Å². The maximum absolute atomic E-state index is 12.7. The molecule has 0 aromatic heterocycles. The van der Waals surface area contributed by atoms with E-state index in [0.717, 1.165) is 18.4 Å². The molecule has 0 fully saturated rings. The molecule has 5 heteroatoms. The summed E-state index contributed by atoms with van der Waals surface area (Å²) >= 11 is 0. The summed E-state index contributed by atoms with van der Waals surface area (Å²) in [7, 11) is -3.22. The van der Waals surface area contributed by atoms with Gasteiger partial charge in [-0.25, -0.2) is 0 Å². The summed E-state index contributed by atoms with van der Waals surface area (Å²) in [6, 6.07) is 7.43. The third-order valence-electron chi connectivity index (χ3n) is 2.82. The second kappa shape index (κ2) is 8.35. The minimum atomic E-state index is -3.22. The molecule has 20 heavy (non-hydrogen) atoms. The van der Waals surface area contributed by atoms with Gasteiger partial charge in [-0.2, -0.15) is 0 Å². The van der Waals surface area contributed by atoms with E-state index in [4.69, 9.17) is 9.05 Å². The van der Waals surface area contributed by atoms with Gasteiger partial charge in [0, 0.05) is 6.42 Å². The summed E-state index contributed by atoms with van der Waals surface area (Å²) < 4.78 is 23.3. The molecule has 0 bridgehead atoms. The van der Waals surface area contributed by atoms with E-state index in [-0.39, 0.29) is 5.78 Å². The number of ketones is 1. The largest absolute Gasteiger partial charge is 0.361 e. The lowest BCUT2D eigenvalue weighted by molar-refractivity contribution is -0.117. The number of aryl methyl sites for hydroxylation is 1. The molecule has 0 saturated heterocycles. The Morgan fingerprint density at radius 2 is 1.85 bits per heavy atom. The van der Waals surface area contributed by atoms with E-state index in [1.54, 1.807) is 26.8 Å². The second-order valence-electron chi connectivity index (χ2n) is 4.56. The summed E-state index contributed by atoms with van der Waals surface area (Å²) in [5.41, 5.74) is 1.04. The first-order valence-electron chi connectivity index (χ1n) is 7.00. The van der Waals surface area contributed by atoms with Gasteiger partial charge < -0.3 is 13.8 Å². The van der Waals surface area contributed by atoms with E-state index in [9.17, 15) is 9.36 Å². The minimum absolute atomic E-state index is 0.190. The van der Waals surface area contributed by atoms with E-state index in [0.29, 0.717) is 24.9 Å². The molecule has 0 amide bonds. The highest BCUT2D eigenvalue weighted by atomic mass is 31.2. The van der Waals surface area contributed by atoms with Crippen LogP contribution in [-0.4, -0.2) is 19.0 Å². The van der Waals surface area contributed by atoms with Gasteiger partial charge >= 0.3 is 7.60 Å². The van der Waals surface area contributed by atoms with E-state index in [1.807, 2.05) is 18.2 Å². The molecule has 0 radical (unpaired) electrons. The Hall–Kier alpha value is -0.960. The molecular weight excluding hydrogens is 275 g/mol. The fraction of sp³-hybridized carbons (Fsp3) is 0.533. The summed E-state index contributed by atoms with van der Waals surface area (Å²) in [5.74, 6) is 0.190. The molecule has 0 N–H and O–H groups in total. The molecule has 1 rings (SSSR count). The molecule has 0 aliphatic carbocycles. The maximum Gasteiger partial charge on any atom is 0.361 e. The van der Waals surface area contributed by atoms with Crippen LogP contribution in [0.3, 0.4) is 0 Å². The lowest BCUT2D eigenvalue weighted by Crippen LogP contribution is -2.11. The summed E-state index contributed by atoms with van der Waals surface area (Å²) in [5, 5.41) is 0.585. The average Bonchev–Trinajstić information content (AvgIpc) is 2.39. The SMILES string of the molecule is CCOP(=O)(OCC)c1cccc(CCCC(C)=O)c1. The van der Waals surface area contributed by atoms with E-state index < -0.39 is 7.60 Å². The van der Waals surface area contributed by atoms with Crippen LogP contribution in [0.1, 0.15) is 39.2 Å². The lowest BCUT2D eigenvalue weighted by Gasteiger charge is -2.17. The van der Waals surface area contributed by atoms with Crippen molar-refractivity contribution in [1.29, 1.82) is 0 Å². The van der Waals surface area contributed by atoms with Gasteiger partial charge in [0.15, 0.2) is 0 Å². The van der Waals surface area contributed by atoms with Gasteiger partial charge in [0.1, 0.15) is 5.78 Å². The zero-order chi connectivity index (χ0) is 15.0. The zero-order valence-corrected chi connectivity index (χ0v) is 13.3. The van der Waals surface area contributed by atoms with E-state index in [2.05, 4.69) is 0 Å². The molecular formula is C15H23O4P. The van der Waals surface area contributed by atoms with Crippen LogP contribution >= 0.6 is 7.60 Å². The predicted octanol–water partition coefficient (Wildman–Crippen LogP) is 3.49. The number of hydrogen-bond acceptors (Lipinski definition) is 4. The molecule has 0 saturated carbocycles. The van der Waals surface area contributed by atoms with Crippen LogP contribution < -0.4 is 5.30 Å². The van der Waals surface area contributed by atoms with Crippen molar-refractivity contribution in [2.45, 2.75) is 40.0 Å². The van der Waals surface area contributed by atoms with Crippen LogP contribution in [-0.2, 0) is 24.8 Å². The predicted molar refractivity (Wildman–Crippen MR) is 80.6 cm³/mol. The first-order chi connectivity index (χ1) is 9.51. The lowest BCUT2D eigenvalue weighted by atomic mass is 10.1. The Balaban J connectivity index is 2.84. The van der Waals surface area contributed by atoms with Crippen molar-refractivity contribution in [2.24, 2.45) is 0 Å². The van der Waals surface area contributed by atoms with Gasteiger partial charge in [-0.1, -0.05) is 12.1 Å². The quantitative estimate of drug-likeness (QED) is 0.655. The zero-order valence-electron chi connectivity index (χ0n) is 12.4. The minimum Gasteiger partial charge on any atom is -0.305 e. The van der Waals surface area contributed by atoms with Crippen LogP contribution in [0.25, 0.3) is 0 Å². The number of hydrogen-bond donors (Lipinski definition) is 0. The first-order valence-corrected chi connectivity index (χ1v) is 8.54. The van der Waals surface area contributed by atoms with E-state index >= 15 is 0 Å². The molecule has 0 spiro atoms. The molecule has 0 heterocycles. The summed E-state index contributed by atoms with van der Waals surface area (Å²) in [4.78, 5) is 10.9. The Bertz CT molecular complexity index is 475. The average molecular weight is 298 g/mol. The van der Waals surface area contributed by atoms with Gasteiger partial charge in [0.2, 0.25) is 0 Å². The van der Waals surface area contributed by atoms with Crippen LogP contribution in [0.2, 0.25) is 0 Å². The van der Waals surface area contributed by atoms with Gasteiger partial charge in [-0.05, 0) is 51.3 Å². The third-order valence-corrected chi connectivity index (χ3v) is 4.93. The number of rotatable bonds is 9. The number of carbonyl (C=O) groups excluding carboxylic acids is 1. The van der Waals surface area contributed by atoms with Crippen molar-refractivity contribution in [1.82, 2.24) is 0 Å². The summed E-state index contributed by atoms with van der Waals surface area (Å²) in [6.45, 7) is 5.86. The van der Waals surface area contributed by atoms with Crippen molar-refractivity contribution in [3.63, 3.8) is 0 Å². The highest BCUT2D eigenvalue weighted by Gasteiger charge is 2.26. The van der Waals surface area contributed by atoms with Crippen LogP contribution in [0.4, 0.5) is 0 Å². The molecule has 0 atom stereocenters. The van der Waals surface area contributed by atoms with Crippen molar-refractivity contribution >= 4 is 18.7 Å². The number of carbonyl (C=O) groups is 1. The normalized spacial score (nSPS) is 11.6. The van der Waals surface area contributed by atoms with Gasteiger partial charge in [-0.15, -0.1) is 0 Å². The smallest absolute Gasteiger partial charge is 0.305 e. The molecule has 0 unspecified atom stereocenters. The van der Waals surface area contributed by atoms with Crippen molar-refractivity contribution in [2.75, 3.05) is 13.2 Å². The molecule has 1 aromatic carbocycles. The molecule has 0 aliphatic heterocycles. The molecule has 0 aliphatic rings.